The molecule has 38 heavy (non-hydrogen) atoms. The fourth-order valence-electron chi connectivity index (χ4n) is 4.63. The summed E-state index contributed by atoms with van der Waals surface area (Å²) in [5, 5.41) is 1.58. The minimum absolute atomic E-state index is 0.216. The minimum Gasteiger partial charge on any atom is -0.497 e. The molecule has 0 atom stereocenters. The summed E-state index contributed by atoms with van der Waals surface area (Å²) in [7, 11) is -2.25. The summed E-state index contributed by atoms with van der Waals surface area (Å²) < 4.78 is 34.3. The molecule has 4 aromatic carbocycles. The van der Waals surface area contributed by atoms with Gasteiger partial charge in [0.1, 0.15) is 5.75 Å². The van der Waals surface area contributed by atoms with Crippen molar-refractivity contribution in [3.05, 3.63) is 127 Å². The van der Waals surface area contributed by atoms with E-state index in [0.717, 1.165) is 38.8 Å². The third kappa shape index (κ3) is 4.25. The van der Waals surface area contributed by atoms with Gasteiger partial charge in [0, 0.05) is 17.0 Å². The second kappa shape index (κ2) is 9.65. The molecule has 0 unspecified atom stereocenters. The first-order valence-electron chi connectivity index (χ1n) is 12.2. The van der Waals surface area contributed by atoms with Crippen LogP contribution in [-0.4, -0.2) is 24.5 Å². The Morgan fingerprint density at radius 3 is 2.08 bits per heavy atom. The average molecular weight is 517 g/mol. The van der Waals surface area contributed by atoms with Crippen LogP contribution >= 0.6 is 0 Å². The Hall–Kier alpha value is -4.68. The van der Waals surface area contributed by atoms with Crippen molar-refractivity contribution in [1.29, 1.82) is 0 Å². The van der Waals surface area contributed by atoms with Crippen molar-refractivity contribution < 1.29 is 13.2 Å². The highest BCUT2D eigenvalue weighted by atomic mass is 32.2. The lowest BCUT2D eigenvalue weighted by Gasteiger charge is -2.09. The van der Waals surface area contributed by atoms with Crippen LogP contribution in [0.15, 0.2) is 120 Å². The molecule has 0 N–H and O–H groups in total. The standard InChI is InChI=1S/C32H24N2O3S/c1-37-27-17-14-25(15-18-27)26-16-19-31-29(21-26)30-20-24(13-12-23-8-4-2-5-9-23)22-33-32(30)34(31)38(35,36)28-10-6-3-7-11-28/h2-22H,1H3/b13-12+. The number of fused-ring (bicyclic) bond motifs is 3. The van der Waals surface area contributed by atoms with E-state index < -0.39 is 10.0 Å². The third-order valence-corrected chi connectivity index (χ3v) is 8.28. The van der Waals surface area contributed by atoms with Crippen molar-refractivity contribution in [2.45, 2.75) is 4.90 Å². The number of pyridine rings is 1. The molecular formula is C32H24N2O3S. The first kappa shape index (κ1) is 23.7. The fraction of sp³-hybridized carbons (Fsp3) is 0.0312. The molecule has 6 aromatic rings. The molecule has 0 aliphatic rings. The lowest BCUT2D eigenvalue weighted by molar-refractivity contribution is 0.415. The van der Waals surface area contributed by atoms with E-state index in [1.165, 1.54) is 3.97 Å². The number of hydrogen-bond acceptors (Lipinski definition) is 4. The molecule has 0 saturated carbocycles. The highest BCUT2D eigenvalue weighted by Crippen LogP contribution is 2.35. The summed E-state index contributed by atoms with van der Waals surface area (Å²) in [4.78, 5) is 4.88. The van der Waals surface area contributed by atoms with Crippen LogP contribution < -0.4 is 4.74 Å². The predicted molar refractivity (Wildman–Crippen MR) is 154 cm³/mol. The zero-order chi connectivity index (χ0) is 26.1. The Bertz CT molecular complexity index is 1890. The van der Waals surface area contributed by atoms with Crippen LogP contribution in [0.25, 0.3) is 45.2 Å². The molecule has 0 aliphatic heterocycles. The van der Waals surface area contributed by atoms with E-state index in [1.807, 2.05) is 91.0 Å². The van der Waals surface area contributed by atoms with Crippen molar-refractivity contribution >= 4 is 44.1 Å². The van der Waals surface area contributed by atoms with E-state index in [0.29, 0.717) is 11.2 Å². The maximum absolute atomic E-state index is 13.8. The van der Waals surface area contributed by atoms with Crippen molar-refractivity contribution in [3.63, 3.8) is 0 Å². The van der Waals surface area contributed by atoms with E-state index >= 15 is 0 Å². The van der Waals surface area contributed by atoms with Crippen molar-refractivity contribution in [2.75, 3.05) is 7.11 Å². The Morgan fingerprint density at radius 1 is 0.711 bits per heavy atom. The summed E-state index contributed by atoms with van der Waals surface area (Å²) in [6.45, 7) is 0. The molecule has 0 saturated heterocycles. The first-order chi connectivity index (χ1) is 18.5. The number of nitrogens with zero attached hydrogens (tertiary/aromatic N) is 2. The molecule has 5 nitrogen and oxygen atoms in total. The second-order valence-electron chi connectivity index (χ2n) is 8.93. The van der Waals surface area contributed by atoms with Gasteiger partial charge in [0.15, 0.2) is 5.65 Å². The number of aromatic nitrogens is 2. The second-order valence-corrected chi connectivity index (χ2v) is 10.7. The molecule has 0 amide bonds. The van der Waals surface area contributed by atoms with Gasteiger partial charge in [-0.2, -0.15) is 0 Å². The van der Waals surface area contributed by atoms with Crippen molar-refractivity contribution in [2.24, 2.45) is 0 Å². The van der Waals surface area contributed by atoms with Crippen LogP contribution in [0.3, 0.4) is 0 Å². The van der Waals surface area contributed by atoms with Gasteiger partial charge in [-0.3, -0.25) is 0 Å². The SMILES string of the molecule is COc1ccc(-c2ccc3c(c2)c2cc(/C=C/c4ccccc4)cnc2n3S(=O)(=O)c2ccccc2)cc1. The zero-order valence-corrected chi connectivity index (χ0v) is 21.5. The Labute approximate surface area is 221 Å². The molecule has 6 rings (SSSR count). The molecule has 2 heterocycles. The van der Waals surface area contributed by atoms with Crippen LogP contribution in [0, 0.1) is 0 Å². The highest BCUT2D eigenvalue weighted by Gasteiger charge is 2.24. The summed E-state index contributed by atoms with van der Waals surface area (Å²) in [5.74, 6) is 0.777. The van der Waals surface area contributed by atoms with Gasteiger partial charge < -0.3 is 4.74 Å². The van der Waals surface area contributed by atoms with Crippen LogP contribution in [0.1, 0.15) is 11.1 Å². The number of rotatable bonds is 6. The number of hydrogen-bond donors (Lipinski definition) is 0. The molecule has 2 aromatic heterocycles. The largest absolute Gasteiger partial charge is 0.497 e. The van der Waals surface area contributed by atoms with Gasteiger partial charge in [-0.15, -0.1) is 0 Å². The molecule has 0 fully saturated rings. The fourth-order valence-corrected chi connectivity index (χ4v) is 6.13. The molecule has 186 valence electrons. The van der Waals surface area contributed by atoms with Gasteiger partial charge in [0.2, 0.25) is 0 Å². The quantitative estimate of drug-likeness (QED) is 0.234. The topological polar surface area (TPSA) is 61.2 Å². The minimum atomic E-state index is -3.88. The maximum Gasteiger partial charge on any atom is 0.269 e. The van der Waals surface area contributed by atoms with Gasteiger partial charge in [0.05, 0.1) is 17.5 Å². The van der Waals surface area contributed by atoms with E-state index in [-0.39, 0.29) is 4.90 Å². The van der Waals surface area contributed by atoms with Gasteiger partial charge in [-0.1, -0.05) is 78.9 Å². The van der Waals surface area contributed by atoms with Crippen LogP contribution in [0.5, 0.6) is 5.75 Å². The van der Waals surface area contributed by atoms with E-state index in [4.69, 9.17) is 4.74 Å². The molecule has 6 heteroatoms. The van der Waals surface area contributed by atoms with Gasteiger partial charge in [-0.25, -0.2) is 17.4 Å². The lowest BCUT2D eigenvalue weighted by Crippen LogP contribution is -2.13. The Kier molecular flexibility index (Phi) is 6.02. The maximum atomic E-state index is 13.8. The lowest BCUT2D eigenvalue weighted by atomic mass is 10.0. The summed E-state index contributed by atoms with van der Waals surface area (Å²) in [5.41, 5.74) is 4.91. The van der Waals surface area contributed by atoms with Gasteiger partial charge in [-0.05, 0) is 64.7 Å². The molecule has 0 spiro atoms. The first-order valence-corrected chi connectivity index (χ1v) is 13.6. The van der Waals surface area contributed by atoms with Crippen LogP contribution in [0.2, 0.25) is 0 Å². The van der Waals surface area contributed by atoms with Crippen LogP contribution in [0.4, 0.5) is 0 Å². The highest BCUT2D eigenvalue weighted by molar-refractivity contribution is 7.90. The Balaban J connectivity index is 1.57. The predicted octanol–water partition coefficient (Wildman–Crippen LogP) is 7.27. The van der Waals surface area contributed by atoms with Gasteiger partial charge >= 0.3 is 0 Å². The monoisotopic (exact) mass is 516 g/mol. The van der Waals surface area contributed by atoms with Crippen molar-refractivity contribution in [3.8, 4) is 16.9 Å². The summed E-state index contributed by atoms with van der Waals surface area (Å²) in [6, 6.07) is 34.1. The van der Waals surface area contributed by atoms with Gasteiger partial charge in [0.25, 0.3) is 10.0 Å². The zero-order valence-electron chi connectivity index (χ0n) is 20.7. The molecule has 0 aliphatic carbocycles. The molecule has 0 radical (unpaired) electrons. The summed E-state index contributed by atoms with van der Waals surface area (Å²) >= 11 is 0. The van der Waals surface area contributed by atoms with Crippen LogP contribution in [-0.2, 0) is 10.0 Å². The molecule has 0 bridgehead atoms. The normalized spacial score (nSPS) is 11.9. The number of benzene rings is 4. The van der Waals surface area contributed by atoms with E-state index in [1.54, 1.807) is 43.6 Å². The number of ether oxygens (including phenoxy) is 1. The van der Waals surface area contributed by atoms with Crippen molar-refractivity contribution in [1.82, 2.24) is 8.96 Å². The number of methoxy groups -OCH3 is 1. The molecular weight excluding hydrogens is 492 g/mol. The van der Waals surface area contributed by atoms with E-state index in [9.17, 15) is 8.42 Å². The third-order valence-electron chi connectivity index (χ3n) is 6.56. The van der Waals surface area contributed by atoms with E-state index in [2.05, 4.69) is 4.98 Å². The smallest absolute Gasteiger partial charge is 0.269 e. The average Bonchev–Trinajstić information content (AvgIpc) is 3.31. The summed E-state index contributed by atoms with van der Waals surface area (Å²) in [6.07, 6.45) is 5.72. The Morgan fingerprint density at radius 2 is 1.37 bits per heavy atom.